The Hall–Kier alpha value is -1.57. The smallest absolute Gasteiger partial charge is 0.289 e. The number of carbonyl (C=O) groups excluding carboxylic acids is 4. The van der Waals surface area contributed by atoms with E-state index >= 15 is 0 Å². The second kappa shape index (κ2) is 9.94. The zero-order valence-electron chi connectivity index (χ0n) is 15.6. The lowest BCUT2D eigenvalue weighted by molar-refractivity contribution is -0.130. The SMILES string of the molecule is CC(CNC(=O)CN1C(=O)CSC1=O)CC(C)CC(=O)NC1CCCC1. The average molecular weight is 384 g/mol. The Bertz CT molecular complexity index is 533. The lowest BCUT2D eigenvalue weighted by Gasteiger charge is -2.19. The number of imide groups is 1. The molecule has 2 unspecified atom stereocenters. The summed E-state index contributed by atoms with van der Waals surface area (Å²) in [4.78, 5) is 47.9. The Morgan fingerprint density at radius 1 is 1.15 bits per heavy atom. The van der Waals surface area contributed by atoms with Crippen molar-refractivity contribution in [2.75, 3.05) is 18.8 Å². The van der Waals surface area contributed by atoms with E-state index in [4.69, 9.17) is 0 Å². The number of amides is 4. The lowest BCUT2D eigenvalue weighted by Crippen LogP contribution is -2.41. The van der Waals surface area contributed by atoms with Gasteiger partial charge in [-0.3, -0.25) is 24.1 Å². The molecule has 1 aliphatic heterocycles. The monoisotopic (exact) mass is 383 g/mol. The van der Waals surface area contributed by atoms with Crippen LogP contribution in [0.1, 0.15) is 52.4 Å². The number of thioether (sulfide) groups is 1. The third-order valence-electron chi connectivity index (χ3n) is 4.85. The first kappa shape index (κ1) is 20.7. The molecular weight excluding hydrogens is 354 g/mol. The maximum Gasteiger partial charge on any atom is 0.289 e. The van der Waals surface area contributed by atoms with Gasteiger partial charge in [0.15, 0.2) is 0 Å². The van der Waals surface area contributed by atoms with Crippen LogP contribution in [0.25, 0.3) is 0 Å². The Balaban J connectivity index is 1.61. The molecule has 8 heteroatoms. The number of nitrogens with one attached hydrogen (secondary N) is 2. The predicted molar refractivity (Wildman–Crippen MR) is 101 cm³/mol. The van der Waals surface area contributed by atoms with Gasteiger partial charge in [-0.2, -0.15) is 0 Å². The molecule has 7 nitrogen and oxygen atoms in total. The van der Waals surface area contributed by atoms with Crippen molar-refractivity contribution in [2.45, 2.75) is 58.4 Å². The third kappa shape index (κ3) is 6.63. The van der Waals surface area contributed by atoms with Crippen molar-refractivity contribution in [3.63, 3.8) is 0 Å². The highest BCUT2D eigenvalue weighted by atomic mass is 32.2. The van der Waals surface area contributed by atoms with Crippen molar-refractivity contribution in [3.05, 3.63) is 0 Å². The molecule has 0 aromatic rings. The summed E-state index contributed by atoms with van der Waals surface area (Å²) in [5, 5.41) is 5.51. The Labute approximate surface area is 159 Å². The van der Waals surface area contributed by atoms with Gasteiger partial charge in [-0.05, 0) is 31.1 Å². The topological polar surface area (TPSA) is 95.6 Å². The fraction of sp³-hybridized carbons (Fsp3) is 0.778. The molecule has 1 saturated carbocycles. The molecule has 2 fully saturated rings. The zero-order valence-corrected chi connectivity index (χ0v) is 16.4. The molecule has 2 aliphatic rings. The van der Waals surface area contributed by atoms with Crippen LogP contribution in [0.4, 0.5) is 4.79 Å². The van der Waals surface area contributed by atoms with E-state index in [1.165, 1.54) is 12.8 Å². The summed E-state index contributed by atoms with van der Waals surface area (Å²) in [5.74, 6) is 0.0409. The van der Waals surface area contributed by atoms with Gasteiger partial charge in [0, 0.05) is 19.0 Å². The summed E-state index contributed by atoms with van der Waals surface area (Å²) >= 11 is 0.925. The molecule has 1 aliphatic carbocycles. The fourth-order valence-electron chi connectivity index (χ4n) is 3.55. The molecular formula is C18H29N3O4S. The van der Waals surface area contributed by atoms with Gasteiger partial charge in [0.25, 0.3) is 5.24 Å². The first-order valence-electron chi connectivity index (χ1n) is 9.38. The molecule has 146 valence electrons. The first-order chi connectivity index (χ1) is 12.3. The van der Waals surface area contributed by atoms with E-state index in [2.05, 4.69) is 10.6 Å². The van der Waals surface area contributed by atoms with Crippen molar-refractivity contribution in [1.82, 2.24) is 15.5 Å². The number of hydrogen-bond acceptors (Lipinski definition) is 5. The van der Waals surface area contributed by atoms with Crippen LogP contribution < -0.4 is 10.6 Å². The molecule has 0 spiro atoms. The largest absolute Gasteiger partial charge is 0.354 e. The van der Waals surface area contributed by atoms with Crippen molar-refractivity contribution in [3.8, 4) is 0 Å². The van der Waals surface area contributed by atoms with E-state index in [9.17, 15) is 19.2 Å². The maximum atomic E-state index is 12.1. The quantitative estimate of drug-likeness (QED) is 0.634. The molecule has 0 aromatic carbocycles. The molecule has 1 saturated heterocycles. The summed E-state index contributed by atoms with van der Waals surface area (Å²) in [5.41, 5.74) is 0. The first-order valence-corrected chi connectivity index (χ1v) is 10.4. The predicted octanol–water partition coefficient (Wildman–Crippen LogP) is 1.91. The van der Waals surface area contributed by atoms with Crippen LogP contribution in [0.3, 0.4) is 0 Å². The minimum Gasteiger partial charge on any atom is -0.354 e. The van der Waals surface area contributed by atoms with Gasteiger partial charge in [-0.1, -0.05) is 38.5 Å². The summed E-state index contributed by atoms with van der Waals surface area (Å²) in [6.45, 7) is 4.33. The third-order valence-corrected chi connectivity index (χ3v) is 5.71. The highest BCUT2D eigenvalue weighted by molar-refractivity contribution is 8.14. The van der Waals surface area contributed by atoms with Crippen LogP contribution in [0, 0.1) is 11.8 Å². The van der Waals surface area contributed by atoms with Crippen molar-refractivity contribution >= 4 is 34.7 Å². The zero-order chi connectivity index (χ0) is 19.1. The molecule has 1 heterocycles. The second-order valence-corrected chi connectivity index (χ2v) is 8.46. The van der Waals surface area contributed by atoms with Crippen LogP contribution >= 0.6 is 11.8 Å². The van der Waals surface area contributed by atoms with E-state index in [0.717, 1.165) is 35.9 Å². The Kier molecular flexibility index (Phi) is 7.93. The Morgan fingerprint density at radius 2 is 1.85 bits per heavy atom. The molecule has 2 N–H and O–H groups in total. The molecule has 2 atom stereocenters. The fourth-order valence-corrected chi connectivity index (χ4v) is 4.27. The summed E-state index contributed by atoms with van der Waals surface area (Å²) in [7, 11) is 0. The van der Waals surface area contributed by atoms with Crippen LogP contribution in [-0.4, -0.2) is 52.7 Å². The summed E-state index contributed by atoms with van der Waals surface area (Å²) in [6, 6.07) is 0.348. The van der Waals surface area contributed by atoms with Gasteiger partial charge in [0.1, 0.15) is 6.54 Å². The summed E-state index contributed by atoms with van der Waals surface area (Å²) < 4.78 is 0. The van der Waals surface area contributed by atoms with Gasteiger partial charge in [-0.15, -0.1) is 0 Å². The second-order valence-electron chi connectivity index (χ2n) is 7.54. The van der Waals surface area contributed by atoms with E-state index < -0.39 is 0 Å². The summed E-state index contributed by atoms with van der Waals surface area (Å²) in [6.07, 6.45) is 5.90. The van der Waals surface area contributed by atoms with Crippen LogP contribution in [0.2, 0.25) is 0 Å². The molecule has 0 aromatic heterocycles. The van der Waals surface area contributed by atoms with Crippen molar-refractivity contribution in [1.29, 1.82) is 0 Å². The highest BCUT2D eigenvalue weighted by Gasteiger charge is 2.31. The number of nitrogens with zero attached hydrogens (tertiary/aromatic N) is 1. The van der Waals surface area contributed by atoms with Gasteiger partial charge >= 0.3 is 0 Å². The standard InChI is InChI=1S/C18H29N3O4S/c1-12(8-15(22)20-14-5-3-4-6-14)7-13(2)9-19-16(23)10-21-17(24)11-26-18(21)25/h12-14H,3-11H2,1-2H3,(H,19,23)(H,20,22). The number of carbonyl (C=O) groups is 4. The molecule has 0 radical (unpaired) electrons. The van der Waals surface area contributed by atoms with E-state index in [-0.39, 0.29) is 47.1 Å². The number of rotatable bonds is 9. The minimum atomic E-state index is -0.361. The van der Waals surface area contributed by atoms with Crippen LogP contribution in [0.15, 0.2) is 0 Å². The average Bonchev–Trinajstić information content (AvgIpc) is 3.17. The molecule has 2 rings (SSSR count). The van der Waals surface area contributed by atoms with E-state index in [1.54, 1.807) is 0 Å². The molecule has 4 amide bonds. The molecule has 0 bridgehead atoms. The van der Waals surface area contributed by atoms with Crippen LogP contribution in [-0.2, 0) is 14.4 Å². The van der Waals surface area contributed by atoms with E-state index in [1.807, 2.05) is 13.8 Å². The lowest BCUT2D eigenvalue weighted by atomic mass is 9.94. The van der Waals surface area contributed by atoms with Gasteiger partial charge in [0.05, 0.1) is 5.75 Å². The van der Waals surface area contributed by atoms with E-state index in [0.29, 0.717) is 19.0 Å². The molecule has 26 heavy (non-hydrogen) atoms. The van der Waals surface area contributed by atoms with Crippen molar-refractivity contribution in [2.24, 2.45) is 11.8 Å². The Morgan fingerprint density at radius 3 is 2.46 bits per heavy atom. The van der Waals surface area contributed by atoms with Crippen LogP contribution in [0.5, 0.6) is 0 Å². The van der Waals surface area contributed by atoms with Gasteiger partial charge < -0.3 is 10.6 Å². The van der Waals surface area contributed by atoms with Gasteiger partial charge in [-0.25, -0.2) is 0 Å². The highest BCUT2D eigenvalue weighted by Crippen LogP contribution is 2.20. The normalized spacial score (nSPS) is 20.3. The number of hydrogen-bond donors (Lipinski definition) is 2. The minimum absolute atomic E-state index is 0.114. The van der Waals surface area contributed by atoms with Crippen molar-refractivity contribution < 1.29 is 19.2 Å². The maximum absolute atomic E-state index is 12.1. The van der Waals surface area contributed by atoms with Gasteiger partial charge in [0.2, 0.25) is 17.7 Å².